The summed E-state index contributed by atoms with van der Waals surface area (Å²) >= 11 is 0. The van der Waals surface area contributed by atoms with Gasteiger partial charge >= 0.3 is 5.97 Å². The molecule has 0 aliphatic carbocycles. The molecule has 3 heteroatoms. The molecule has 98 valence electrons. The van der Waals surface area contributed by atoms with E-state index in [4.69, 9.17) is 4.74 Å². The lowest BCUT2D eigenvalue weighted by molar-refractivity contribution is 0.0600. The second kappa shape index (κ2) is 6.84. The van der Waals surface area contributed by atoms with Gasteiger partial charge < -0.3 is 9.47 Å². The highest BCUT2D eigenvalue weighted by Crippen LogP contribution is 2.19. The number of carbonyl (C=O) groups is 1. The van der Waals surface area contributed by atoms with Gasteiger partial charge in [-0.1, -0.05) is 13.8 Å². The van der Waals surface area contributed by atoms with Crippen LogP contribution in [0.4, 0.5) is 0 Å². The van der Waals surface area contributed by atoms with Crippen molar-refractivity contribution in [1.29, 1.82) is 0 Å². The highest BCUT2D eigenvalue weighted by molar-refractivity contribution is 5.89. The first kappa shape index (κ1) is 14.3. The fourth-order valence-electron chi connectivity index (χ4n) is 1.77. The second-order valence-electron chi connectivity index (χ2n) is 3.98. The van der Waals surface area contributed by atoms with Gasteiger partial charge in [0, 0.05) is 0 Å². The fraction of sp³-hybridized carbons (Fsp3) is 0.400. The fourth-order valence-corrected chi connectivity index (χ4v) is 1.77. The minimum Gasteiger partial charge on any atom is -0.465 e. The van der Waals surface area contributed by atoms with Crippen LogP contribution in [0.1, 0.15) is 44.0 Å². The lowest BCUT2D eigenvalue weighted by Crippen LogP contribution is -2.01. The topological polar surface area (TPSA) is 35.5 Å². The molecule has 0 radical (unpaired) electrons. The van der Waals surface area contributed by atoms with Crippen molar-refractivity contribution in [2.45, 2.75) is 33.6 Å². The molecule has 0 bridgehead atoms. The van der Waals surface area contributed by atoms with Gasteiger partial charge in [-0.25, -0.2) is 4.79 Å². The van der Waals surface area contributed by atoms with Crippen molar-refractivity contribution < 1.29 is 14.3 Å². The first-order chi connectivity index (χ1) is 8.62. The number of ether oxygens (including phenoxy) is 2. The summed E-state index contributed by atoms with van der Waals surface area (Å²) in [4.78, 5) is 11.3. The highest BCUT2D eigenvalue weighted by atomic mass is 16.5. The van der Waals surface area contributed by atoms with E-state index in [0.717, 1.165) is 24.4 Å². The standard InChI is InChI=1S/C15H20O3/c1-5-12(6-2)11(3)18-14-9-7-13(8-10-14)15(16)17-4/h7-10H,5-6H2,1-4H3. The highest BCUT2D eigenvalue weighted by Gasteiger charge is 2.06. The molecule has 18 heavy (non-hydrogen) atoms. The Labute approximate surface area is 108 Å². The van der Waals surface area contributed by atoms with Gasteiger partial charge in [0.05, 0.1) is 12.7 Å². The zero-order chi connectivity index (χ0) is 13.5. The maximum absolute atomic E-state index is 11.3. The van der Waals surface area contributed by atoms with E-state index in [9.17, 15) is 4.79 Å². The van der Waals surface area contributed by atoms with Crippen molar-refractivity contribution in [2.24, 2.45) is 0 Å². The number of rotatable bonds is 5. The van der Waals surface area contributed by atoms with E-state index >= 15 is 0 Å². The molecule has 0 saturated carbocycles. The first-order valence-corrected chi connectivity index (χ1v) is 6.17. The van der Waals surface area contributed by atoms with Crippen molar-refractivity contribution in [3.05, 3.63) is 41.2 Å². The molecule has 0 aromatic heterocycles. The average Bonchev–Trinajstić information content (AvgIpc) is 2.40. The van der Waals surface area contributed by atoms with E-state index in [2.05, 4.69) is 18.6 Å². The molecular weight excluding hydrogens is 228 g/mol. The largest absolute Gasteiger partial charge is 0.465 e. The summed E-state index contributed by atoms with van der Waals surface area (Å²) in [5, 5.41) is 0. The molecule has 0 fully saturated rings. The predicted molar refractivity (Wildman–Crippen MR) is 71.7 cm³/mol. The lowest BCUT2D eigenvalue weighted by Gasteiger charge is -2.10. The van der Waals surface area contributed by atoms with Crippen molar-refractivity contribution in [1.82, 2.24) is 0 Å². The van der Waals surface area contributed by atoms with Gasteiger partial charge in [-0.15, -0.1) is 0 Å². The quantitative estimate of drug-likeness (QED) is 0.584. The van der Waals surface area contributed by atoms with Gasteiger partial charge in [0.25, 0.3) is 0 Å². The van der Waals surface area contributed by atoms with Crippen molar-refractivity contribution in [3.8, 4) is 5.75 Å². The Morgan fingerprint density at radius 2 is 1.67 bits per heavy atom. The Bertz CT molecular complexity index is 424. The molecule has 0 atom stereocenters. The molecule has 0 N–H and O–H groups in total. The van der Waals surface area contributed by atoms with Gasteiger partial charge in [0.15, 0.2) is 0 Å². The van der Waals surface area contributed by atoms with E-state index in [1.54, 1.807) is 24.3 Å². The number of hydrogen-bond acceptors (Lipinski definition) is 3. The zero-order valence-electron chi connectivity index (χ0n) is 11.4. The van der Waals surface area contributed by atoms with Crippen LogP contribution >= 0.6 is 0 Å². The molecule has 1 aromatic carbocycles. The Hall–Kier alpha value is -1.77. The number of allylic oxidation sites excluding steroid dienone is 2. The monoisotopic (exact) mass is 248 g/mol. The minimum absolute atomic E-state index is 0.336. The minimum atomic E-state index is -0.336. The molecular formula is C15H20O3. The van der Waals surface area contributed by atoms with Crippen molar-refractivity contribution >= 4 is 5.97 Å². The number of methoxy groups -OCH3 is 1. The van der Waals surface area contributed by atoms with Crippen LogP contribution in [0.3, 0.4) is 0 Å². The summed E-state index contributed by atoms with van der Waals surface area (Å²) in [5.41, 5.74) is 1.82. The predicted octanol–water partition coefficient (Wildman–Crippen LogP) is 3.95. The van der Waals surface area contributed by atoms with Gasteiger partial charge in [0.2, 0.25) is 0 Å². The van der Waals surface area contributed by atoms with E-state index in [-0.39, 0.29) is 5.97 Å². The van der Waals surface area contributed by atoms with Crippen LogP contribution in [-0.4, -0.2) is 13.1 Å². The van der Waals surface area contributed by atoms with Gasteiger partial charge in [-0.05, 0) is 49.6 Å². The van der Waals surface area contributed by atoms with E-state index < -0.39 is 0 Å². The first-order valence-electron chi connectivity index (χ1n) is 6.17. The van der Waals surface area contributed by atoms with Crippen LogP contribution in [-0.2, 0) is 4.74 Å². The van der Waals surface area contributed by atoms with Crippen molar-refractivity contribution in [3.63, 3.8) is 0 Å². The SMILES string of the molecule is CCC(CC)=C(C)Oc1ccc(C(=O)OC)cc1. The third-order valence-electron chi connectivity index (χ3n) is 2.90. The molecule has 0 amide bonds. The normalized spacial score (nSPS) is 9.78. The number of benzene rings is 1. The smallest absolute Gasteiger partial charge is 0.337 e. The molecule has 3 nitrogen and oxygen atoms in total. The number of hydrogen-bond donors (Lipinski definition) is 0. The van der Waals surface area contributed by atoms with Crippen LogP contribution in [0.25, 0.3) is 0 Å². The summed E-state index contributed by atoms with van der Waals surface area (Å²) in [6.07, 6.45) is 1.98. The Morgan fingerprint density at radius 3 is 2.11 bits per heavy atom. The van der Waals surface area contributed by atoms with Gasteiger partial charge in [0.1, 0.15) is 11.5 Å². The molecule has 1 aromatic rings. The van der Waals surface area contributed by atoms with E-state index in [0.29, 0.717) is 5.56 Å². The molecule has 0 spiro atoms. The summed E-state index contributed by atoms with van der Waals surface area (Å²) in [7, 11) is 1.37. The van der Waals surface area contributed by atoms with Gasteiger partial charge in [-0.3, -0.25) is 0 Å². The Morgan fingerprint density at radius 1 is 1.11 bits per heavy atom. The zero-order valence-corrected chi connectivity index (χ0v) is 11.4. The molecule has 0 saturated heterocycles. The van der Waals surface area contributed by atoms with Crippen LogP contribution in [0.2, 0.25) is 0 Å². The lowest BCUT2D eigenvalue weighted by atomic mass is 10.1. The summed E-state index contributed by atoms with van der Waals surface area (Å²) in [6.45, 7) is 6.20. The maximum atomic E-state index is 11.3. The van der Waals surface area contributed by atoms with E-state index in [1.807, 2.05) is 6.92 Å². The Balaban J connectivity index is 2.81. The van der Waals surface area contributed by atoms with E-state index in [1.165, 1.54) is 12.7 Å². The summed E-state index contributed by atoms with van der Waals surface area (Å²) in [5.74, 6) is 1.34. The maximum Gasteiger partial charge on any atom is 0.337 e. The number of carbonyl (C=O) groups excluding carboxylic acids is 1. The van der Waals surface area contributed by atoms with Crippen LogP contribution in [0.5, 0.6) is 5.75 Å². The van der Waals surface area contributed by atoms with Crippen LogP contribution in [0, 0.1) is 0 Å². The second-order valence-corrected chi connectivity index (χ2v) is 3.98. The van der Waals surface area contributed by atoms with Gasteiger partial charge in [-0.2, -0.15) is 0 Å². The molecule has 0 aliphatic heterocycles. The van der Waals surface area contributed by atoms with Crippen LogP contribution < -0.4 is 4.74 Å². The van der Waals surface area contributed by atoms with Crippen molar-refractivity contribution in [2.75, 3.05) is 7.11 Å². The third kappa shape index (κ3) is 3.62. The summed E-state index contributed by atoms with van der Waals surface area (Å²) < 4.78 is 10.4. The van der Waals surface area contributed by atoms with Crippen LogP contribution in [0.15, 0.2) is 35.6 Å². The molecule has 0 heterocycles. The third-order valence-corrected chi connectivity index (χ3v) is 2.90. The average molecular weight is 248 g/mol. The summed E-state index contributed by atoms with van der Waals surface area (Å²) in [6, 6.07) is 6.95. The number of esters is 1. The molecule has 1 rings (SSSR count). The molecule has 0 aliphatic rings. The molecule has 0 unspecified atom stereocenters. The Kier molecular flexibility index (Phi) is 5.43.